The molecule has 2 aromatic carbocycles. The van der Waals surface area contributed by atoms with Crippen molar-refractivity contribution in [3.8, 4) is 0 Å². The highest BCUT2D eigenvalue weighted by Crippen LogP contribution is 2.14. The van der Waals surface area contributed by atoms with Gasteiger partial charge in [0.15, 0.2) is 0 Å². The van der Waals surface area contributed by atoms with Gasteiger partial charge in [-0.3, -0.25) is 10.2 Å². The molecule has 0 saturated carbocycles. The van der Waals surface area contributed by atoms with E-state index >= 15 is 0 Å². The number of benzene rings is 2. The lowest BCUT2D eigenvalue weighted by Crippen LogP contribution is -2.20. The summed E-state index contributed by atoms with van der Waals surface area (Å²) in [6, 6.07) is 16.1. The smallest absolute Gasteiger partial charge is 0.207 e. The molecule has 0 bridgehead atoms. The molecule has 0 aliphatic carbocycles. The number of nitrogens with two attached hydrogens (primary N) is 1. The summed E-state index contributed by atoms with van der Waals surface area (Å²) < 4.78 is 0. The fourth-order valence-corrected chi connectivity index (χ4v) is 2.10. The minimum absolute atomic E-state index is 0.186. The lowest BCUT2D eigenvalue weighted by atomic mass is 10.1. The number of allylic oxidation sites excluding steroid dienone is 2. The first-order chi connectivity index (χ1) is 12.1. The predicted molar refractivity (Wildman–Crippen MR) is 104 cm³/mol. The van der Waals surface area contributed by atoms with E-state index in [0.717, 1.165) is 5.69 Å². The third-order valence-electron chi connectivity index (χ3n) is 3.07. The van der Waals surface area contributed by atoms with Crippen LogP contribution in [0.3, 0.4) is 0 Å². The van der Waals surface area contributed by atoms with Crippen LogP contribution in [0, 0.1) is 5.41 Å². The van der Waals surface area contributed by atoms with Gasteiger partial charge in [-0.05, 0) is 42.6 Å². The van der Waals surface area contributed by atoms with E-state index in [1.807, 2.05) is 24.3 Å². The zero-order valence-corrected chi connectivity index (χ0v) is 14.1. The average Bonchev–Trinajstić information content (AvgIpc) is 2.61. The summed E-state index contributed by atoms with van der Waals surface area (Å²) in [7, 11) is 0. The Morgan fingerprint density at radius 1 is 1.12 bits per heavy atom. The molecule has 0 atom stereocenters. The number of hydrogen-bond acceptors (Lipinski definition) is 5. The molecule has 0 aliphatic rings. The van der Waals surface area contributed by atoms with Crippen molar-refractivity contribution in [1.82, 2.24) is 0 Å². The first-order valence-corrected chi connectivity index (χ1v) is 7.82. The molecule has 0 heterocycles. The summed E-state index contributed by atoms with van der Waals surface area (Å²) in [5.41, 5.74) is 6.70. The van der Waals surface area contributed by atoms with Gasteiger partial charge in [0.05, 0.1) is 11.4 Å². The topological polar surface area (TPSA) is 91.3 Å². The standard InChI is InChI=1S/C19H17ClN4O/c20-14-5-4-8-16(13-14)23-12-10-18(25)19(22)17(9-11-21)24-15-6-2-1-3-7-15/h1-13,22-23H,21H2/b11-9?,12-10-,22-19?,24-17?. The van der Waals surface area contributed by atoms with Crippen molar-refractivity contribution in [2.75, 3.05) is 5.32 Å². The van der Waals surface area contributed by atoms with Crippen molar-refractivity contribution >= 4 is 40.2 Å². The van der Waals surface area contributed by atoms with Crippen LogP contribution >= 0.6 is 11.6 Å². The minimum Gasteiger partial charge on any atom is -0.405 e. The fourth-order valence-electron chi connectivity index (χ4n) is 1.91. The average molecular weight is 353 g/mol. The van der Waals surface area contributed by atoms with Crippen LogP contribution in [0.5, 0.6) is 0 Å². The number of para-hydroxylation sites is 1. The van der Waals surface area contributed by atoms with E-state index in [2.05, 4.69) is 10.3 Å². The van der Waals surface area contributed by atoms with Gasteiger partial charge in [0, 0.05) is 23.0 Å². The predicted octanol–water partition coefficient (Wildman–Crippen LogP) is 4.10. The molecule has 0 radical (unpaired) electrons. The summed E-state index contributed by atoms with van der Waals surface area (Å²) in [6.07, 6.45) is 5.38. The Balaban J connectivity index is 2.09. The van der Waals surface area contributed by atoms with Gasteiger partial charge in [-0.25, -0.2) is 4.99 Å². The summed E-state index contributed by atoms with van der Waals surface area (Å²) in [6.45, 7) is 0. The van der Waals surface area contributed by atoms with Crippen molar-refractivity contribution in [2.24, 2.45) is 10.7 Å². The van der Waals surface area contributed by atoms with Crippen LogP contribution in [0.4, 0.5) is 11.4 Å². The van der Waals surface area contributed by atoms with E-state index in [0.29, 0.717) is 10.7 Å². The van der Waals surface area contributed by atoms with Gasteiger partial charge in [0.2, 0.25) is 5.78 Å². The van der Waals surface area contributed by atoms with Gasteiger partial charge in [-0.15, -0.1) is 0 Å². The summed E-state index contributed by atoms with van der Waals surface area (Å²) in [4.78, 5) is 16.5. The van der Waals surface area contributed by atoms with Gasteiger partial charge < -0.3 is 11.1 Å². The first-order valence-electron chi connectivity index (χ1n) is 7.44. The molecule has 6 heteroatoms. The molecule has 0 spiro atoms. The Morgan fingerprint density at radius 2 is 1.88 bits per heavy atom. The molecule has 0 amide bonds. The number of aliphatic imine (C=N–C) groups is 1. The van der Waals surface area contributed by atoms with Crippen LogP contribution in [0.25, 0.3) is 0 Å². The third-order valence-corrected chi connectivity index (χ3v) is 3.31. The normalized spacial score (nSPS) is 11.8. The van der Waals surface area contributed by atoms with E-state index in [4.69, 9.17) is 22.7 Å². The minimum atomic E-state index is -0.498. The van der Waals surface area contributed by atoms with E-state index in [9.17, 15) is 4.79 Å². The number of nitrogens with zero attached hydrogens (tertiary/aromatic N) is 1. The molecular weight excluding hydrogens is 336 g/mol. The maximum Gasteiger partial charge on any atom is 0.207 e. The number of nitrogens with one attached hydrogen (secondary N) is 2. The Bertz CT molecular complexity index is 842. The molecule has 4 N–H and O–H groups in total. The molecule has 2 rings (SSSR count). The monoisotopic (exact) mass is 352 g/mol. The number of hydrogen-bond donors (Lipinski definition) is 3. The second-order valence-corrected chi connectivity index (χ2v) is 5.36. The van der Waals surface area contributed by atoms with Gasteiger partial charge in [0.1, 0.15) is 5.71 Å². The lowest BCUT2D eigenvalue weighted by Gasteiger charge is -2.03. The highest BCUT2D eigenvalue weighted by atomic mass is 35.5. The number of halogens is 1. The number of carbonyl (C=O) groups is 1. The van der Waals surface area contributed by atoms with Crippen LogP contribution in [-0.4, -0.2) is 17.2 Å². The molecule has 0 fully saturated rings. The van der Waals surface area contributed by atoms with Gasteiger partial charge >= 0.3 is 0 Å². The second-order valence-electron chi connectivity index (χ2n) is 4.92. The van der Waals surface area contributed by atoms with Crippen molar-refractivity contribution < 1.29 is 4.79 Å². The van der Waals surface area contributed by atoms with Crippen LogP contribution in [0.15, 0.2) is 84.1 Å². The van der Waals surface area contributed by atoms with E-state index < -0.39 is 5.78 Å². The molecule has 126 valence electrons. The number of ketones is 1. The van der Waals surface area contributed by atoms with Crippen molar-refractivity contribution in [1.29, 1.82) is 5.41 Å². The van der Waals surface area contributed by atoms with Crippen LogP contribution in [0.1, 0.15) is 0 Å². The highest BCUT2D eigenvalue weighted by Gasteiger charge is 2.11. The van der Waals surface area contributed by atoms with Crippen LogP contribution < -0.4 is 11.1 Å². The molecule has 0 aromatic heterocycles. The maximum absolute atomic E-state index is 12.2. The molecule has 0 aliphatic heterocycles. The highest BCUT2D eigenvalue weighted by molar-refractivity contribution is 6.70. The van der Waals surface area contributed by atoms with Crippen LogP contribution in [-0.2, 0) is 4.79 Å². The largest absolute Gasteiger partial charge is 0.405 e. The first kappa shape index (κ1) is 18.2. The van der Waals surface area contributed by atoms with Crippen molar-refractivity contribution in [2.45, 2.75) is 0 Å². The summed E-state index contributed by atoms with van der Waals surface area (Å²) in [5.74, 6) is -0.498. The molecule has 25 heavy (non-hydrogen) atoms. The molecule has 0 unspecified atom stereocenters. The van der Waals surface area contributed by atoms with Gasteiger partial charge in [0.25, 0.3) is 0 Å². The Kier molecular flexibility index (Phi) is 6.68. The Morgan fingerprint density at radius 3 is 2.56 bits per heavy atom. The summed E-state index contributed by atoms with van der Waals surface area (Å²) in [5, 5.41) is 11.5. The van der Waals surface area contributed by atoms with Gasteiger partial charge in [-0.1, -0.05) is 35.9 Å². The Labute approximate surface area is 151 Å². The molecule has 2 aromatic rings. The van der Waals surface area contributed by atoms with Crippen molar-refractivity contribution in [3.05, 3.63) is 84.2 Å². The SMILES string of the molecule is N=C(C(=O)/C=C\Nc1cccc(Cl)c1)C(C=CN)=Nc1ccccc1. The Hall–Kier alpha value is -3.18. The van der Waals surface area contributed by atoms with E-state index in [1.54, 1.807) is 30.3 Å². The quantitative estimate of drug-likeness (QED) is 0.517. The van der Waals surface area contributed by atoms with Gasteiger partial charge in [-0.2, -0.15) is 0 Å². The van der Waals surface area contributed by atoms with E-state index in [-0.39, 0.29) is 11.4 Å². The number of carbonyl (C=O) groups excluding carboxylic acids is 1. The maximum atomic E-state index is 12.2. The zero-order valence-electron chi connectivity index (χ0n) is 13.3. The molecule has 0 saturated heterocycles. The zero-order chi connectivity index (χ0) is 18.1. The van der Waals surface area contributed by atoms with Crippen molar-refractivity contribution in [3.63, 3.8) is 0 Å². The van der Waals surface area contributed by atoms with Crippen LogP contribution in [0.2, 0.25) is 5.02 Å². The number of rotatable bonds is 7. The second kappa shape index (κ2) is 9.20. The molecule has 5 nitrogen and oxygen atoms in total. The van der Waals surface area contributed by atoms with E-state index in [1.165, 1.54) is 24.6 Å². The fraction of sp³-hybridized carbons (Fsp3) is 0. The summed E-state index contributed by atoms with van der Waals surface area (Å²) >= 11 is 5.89. The molecular formula is C19H17ClN4O. The third kappa shape index (κ3) is 5.75. The lowest BCUT2D eigenvalue weighted by molar-refractivity contribution is -0.108. The number of anilines is 1.